The van der Waals surface area contributed by atoms with Crippen LogP contribution in [0.15, 0.2) is 0 Å². The number of hydrogen-bond acceptors (Lipinski definition) is 3. The van der Waals surface area contributed by atoms with E-state index in [1.807, 2.05) is 0 Å². The number of carbonyl (C=O) groups excluding carboxylic acids is 2. The van der Waals surface area contributed by atoms with Crippen molar-refractivity contribution in [1.29, 1.82) is 0 Å². The minimum absolute atomic E-state index is 0.00546. The fourth-order valence-electron chi connectivity index (χ4n) is 2.32. The summed E-state index contributed by atoms with van der Waals surface area (Å²) in [6.45, 7) is 6.10. The Morgan fingerprint density at radius 2 is 2.04 bits per heavy atom. The summed E-state index contributed by atoms with van der Waals surface area (Å²) in [6.07, 6.45) is -1.13. The predicted octanol–water partition coefficient (Wildman–Crippen LogP) is 3.01. The van der Waals surface area contributed by atoms with E-state index in [0.29, 0.717) is 5.88 Å². The van der Waals surface area contributed by atoms with Crippen molar-refractivity contribution in [1.82, 2.24) is 10.2 Å². The van der Waals surface area contributed by atoms with Crippen LogP contribution in [-0.2, 0) is 9.53 Å². The van der Waals surface area contributed by atoms with Gasteiger partial charge in [-0.25, -0.2) is 13.6 Å². The monoisotopic (exact) mass is 354 g/mol. The zero-order valence-electron chi connectivity index (χ0n) is 14.0. The molecule has 1 fully saturated rings. The number of piperidine rings is 1. The van der Waals surface area contributed by atoms with Gasteiger partial charge < -0.3 is 15.0 Å². The smallest absolute Gasteiger partial charge is 0.410 e. The first-order valence-corrected chi connectivity index (χ1v) is 8.16. The standard InChI is InChI=1S/C15H25ClF2N2O3/c1-10(7-16)5-12(21)19-11-6-15(17,18)9-20(8-11)13(22)23-14(2,3)4/h10-11H,5-9H2,1-4H3,(H,19,21)/t10?,11-/m1/s1. The fourth-order valence-corrected chi connectivity index (χ4v) is 2.43. The van der Waals surface area contributed by atoms with Gasteiger partial charge in [-0.1, -0.05) is 6.92 Å². The molecule has 134 valence electrons. The summed E-state index contributed by atoms with van der Waals surface area (Å²) in [6, 6.07) is -0.804. The molecule has 1 saturated heterocycles. The van der Waals surface area contributed by atoms with Crippen LogP contribution in [0.2, 0.25) is 0 Å². The Morgan fingerprint density at radius 3 is 2.57 bits per heavy atom. The molecule has 0 aromatic rings. The van der Waals surface area contributed by atoms with Crippen LogP contribution in [0.3, 0.4) is 0 Å². The Bertz CT molecular complexity index is 441. The summed E-state index contributed by atoms with van der Waals surface area (Å²) in [5.74, 6) is -3.13. The average Bonchev–Trinajstić information content (AvgIpc) is 2.34. The number of carbonyl (C=O) groups is 2. The van der Waals surface area contributed by atoms with Gasteiger partial charge in [-0.05, 0) is 26.7 Å². The molecular formula is C15H25ClF2N2O3. The van der Waals surface area contributed by atoms with Crippen LogP contribution in [0, 0.1) is 5.92 Å². The maximum absolute atomic E-state index is 13.9. The van der Waals surface area contributed by atoms with Gasteiger partial charge in [-0.15, -0.1) is 11.6 Å². The van der Waals surface area contributed by atoms with E-state index in [1.165, 1.54) is 0 Å². The van der Waals surface area contributed by atoms with Crippen LogP contribution >= 0.6 is 11.6 Å². The molecule has 0 saturated carbocycles. The number of amides is 2. The number of hydrogen-bond donors (Lipinski definition) is 1. The molecule has 0 radical (unpaired) electrons. The van der Waals surface area contributed by atoms with Gasteiger partial charge in [-0.3, -0.25) is 4.79 Å². The highest BCUT2D eigenvalue weighted by molar-refractivity contribution is 6.18. The molecule has 1 heterocycles. The first kappa shape index (κ1) is 19.9. The number of rotatable bonds is 4. The molecule has 0 spiro atoms. The molecule has 1 aliphatic rings. The van der Waals surface area contributed by atoms with Gasteiger partial charge in [0.15, 0.2) is 0 Å². The lowest BCUT2D eigenvalue weighted by atomic mass is 10.0. The number of halogens is 3. The number of nitrogens with zero attached hydrogens (tertiary/aromatic N) is 1. The summed E-state index contributed by atoms with van der Waals surface area (Å²) in [4.78, 5) is 24.8. The van der Waals surface area contributed by atoms with E-state index in [4.69, 9.17) is 16.3 Å². The zero-order chi connectivity index (χ0) is 17.8. The van der Waals surface area contributed by atoms with E-state index in [2.05, 4.69) is 5.32 Å². The lowest BCUT2D eigenvalue weighted by molar-refractivity contribution is -0.125. The Balaban J connectivity index is 2.68. The van der Waals surface area contributed by atoms with Crippen molar-refractivity contribution in [3.05, 3.63) is 0 Å². The third-order valence-corrected chi connectivity index (χ3v) is 3.75. The molecule has 23 heavy (non-hydrogen) atoms. The lowest BCUT2D eigenvalue weighted by Crippen LogP contribution is -2.57. The summed E-state index contributed by atoms with van der Waals surface area (Å²) in [5.41, 5.74) is -0.766. The molecule has 1 aliphatic heterocycles. The van der Waals surface area contributed by atoms with Gasteiger partial charge in [-0.2, -0.15) is 0 Å². The van der Waals surface area contributed by atoms with E-state index in [-0.39, 0.29) is 24.8 Å². The second kappa shape index (κ2) is 7.64. The van der Waals surface area contributed by atoms with Crippen LogP contribution in [-0.4, -0.2) is 53.4 Å². The Hall–Kier alpha value is -1.11. The van der Waals surface area contributed by atoms with Crippen molar-refractivity contribution in [2.24, 2.45) is 5.92 Å². The molecule has 2 atom stereocenters. The van der Waals surface area contributed by atoms with E-state index in [0.717, 1.165) is 4.90 Å². The summed E-state index contributed by atoms with van der Waals surface area (Å²) in [7, 11) is 0. The molecule has 2 amide bonds. The molecule has 0 bridgehead atoms. The minimum atomic E-state index is -3.06. The topological polar surface area (TPSA) is 58.6 Å². The molecule has 5 nitrogen and oxygen atoms in total. The van der Waals surface area contributed by atoms with Crippen LogP contribution in [0.5, 0.6) is 0 Å². The van der Waals surface area contributed by atoms with E-state index >= 15 is 0 Å². The Morgan fingerprint density at radius 1 is 1.43 bits per heavy atom. The Kier molecular flexibility index (Phi) is 6.62. The number of ether oxygens (including phenoxy) is 1. The highest BCUT2D eigenvalue weighted by Gasteiger charge is 2.43. The van der Waals surface area contributed by atoms with Crippen molar-refractivity contribution in [2.75, 3.05) is 19.0 Å². The van der Waals surface area contributed by atoms with Gasteiger partial charge in [0.05, 0.1) is 12.6 Å². The van der Waals surface area contributed by atoms with Crippen LogP contribution in [0.4, 0.5) is 13.6 Å². The molecule has 0 aromatic heterocycles. The third kappa shape index (κ3) is 7.33. The van der Waals surface area contributed by atoms with E-state index in [1.54, 1.807) is 27.7 Å². The molecule has 1 unspecified atom stereocenters. The summed E-state index contributed by atoms with van der Waals surface area (Å²) >= 11 is 5.64. The highest BCUT2D eigenvalue weighted by atomic mass is 35.5. The second-order valence-corrected chi connectivity index (χ2v) is 7.46. The normalized spacial score (nSPS) is 22.4. The second-order valence-electron chi connectivity index (χ2n) is 7.15. The van der Waals surface area contributed by atoms with Gasteiger partial charge >= 0.3 is 6.09 Å². The van der Waals surface area contributed by atoms with Crippen LogP contribution in [0.1, 0.15) is 40.5 Å². The quantitative estimate of drug-likeness (QED) is 0.789. The predicted molar refractivity (Wildman–Crippen MR) is 83.8 cm³/mol. The molecular weight excluding hydrogens is 330 g/mol. The molecule has 0 aliphatic carbocycles. The highest BCUT2D eigenvalue weighted by Crippen LogP contribution is 2.28. The van der Waals surface area contributed by atoms with Gasteiger partial charge in [0.2, 0.25) is 5.91 Å². The maximum Gasteiger partial charge on any atom is 0.410 e. The molecule has 8 heteroatoms. The summed E-state index contributed by atoms with van der Waals surface area (Å²) in [5, 5.41) is 2.56. The fraction of sp³-hybridized carbons (Fsp3) is 0.867. The zero-order valence-corrected chi connectivity index (χ0v) is 14.8. The minimum Gasteiger partial charge on any atom is -0.444 e. The van der Waals surface area contributed by atoms with Crippen LogP contribution < -0.4 is 5.32 Å². The van der Waals surface area contributed by atoms with E-state index in [9.17, 15) is 18.4 Å². The summed E-state index contributed by atoms with van der Waals surface area (Å²) < 4.78 is 32.8. The van der Waals surface area contributed by atoms with Crippen LogP contribution in [0.25, 0.3) is 0 Å². The Labute approximate surface area is 140 Å². The van der Waals surface area contributed by atoms with Crippen molar-refractivity contribution >= 4 is 23.6 Å². The van der Waals surface area contributed by atoms with E-state index < -0.39 is 36.6 Å². The molecule has 0 aromatic carbocycles. The number of nitrogens with one attached hydrogen (secondary N) is 1. The number of alkyl halides is 3. The van der Waals surface area contributed by atoms with Crippen molar-refractivity contribution in [2.45, 2.75) is 58.1 Å². The van der Waals surface area contributed by atoms with Crippen molar-refractivity contribution in [3.63, 3.8) is 0 Å². The van der Waals surface area contributed by atoms with Gasteiger partial charge in [0, 0.05) is 25.3 Å². The lowest BCUT2D eigenvalue weighted by Gasteiger charge is -2.38. The SMILES string of the molecule is CC(CCl)CC(=O)N[C@H]1CN(C(=O)OC(C)(C)C)CC(F)(F)C1. The van der Waals surface area contributed by atoms with Gasteiger partial charge in [0.25, 0.3) is 5.92 Å². The largest absolute Gasteiger partial charge is 0.444 e. The molecule has 1 rings (SSSR count). The maximum atomic E-state index is 13.9. The van der Waals surface area contributed by atoms with Crippen molar-refractivity contribution < 1.29 is 23.1 Å². The average molecular weight is 355 g/mol. The molecule has 1 N–H and O–H groups in total. The first-order chi connectivity index (χ1) is 10.4. The van der Waals surface area contributed by atoms with Crippen molar-refractivity contribution in [3.8, 4) is 0 Å². The third-order valence-electron chi connectivity index (χ3n) is 3.22. The van der Waals surface area contributed by atoms with Gasteiger partial charge in [0.1, 0.15) is 5.60 Å². The first-order valence-electron chi connectivity index (χ1n) is 7.63. The number of likely N-dealkylation sites (tertiary alicyclic amines) is 1.